The third-order valence-corrected chi connectivity index (χ3v) is 6.63. The van der Waals surface area contributed by atoms with Crippen LogP contribution in [0.4, 0.5) is 11.5 Å². The van der Waals surface area contributed by atoms with Crippen LogP contribution < -0.4 is 10.0 Å². The van der Waals surface area contributed by atoms with E-state index < -0.39 is 10.0 Å². The van der Waals surface area contributed by atoms with Crippen molar-refractivity contribution in [2.45, 2.75) is 39.7 Å². The lowest BCUT2D eigenvalue weighted by Gasteiger charge is -2.17. The molecule has 8 nitrogen and oxygen atoms in total. The fourth-order valence-corrected chi connectivity index (χ4v) is 5.15. The van der Waals surface area contributed by atoms with Crippen LogP contribution in [0.15, 0.2) is 12.3 Å². The molecule has 0 aliphatic carbocycles. The number of nitrogens with two attached hydrogens (primary N) is 1. The summed E-state index contributed by atoms with van der Waals surface area (Å²) in [6.07, 6.45) is 3.99. The predicted molar refractivity (Wildman–Crippen MR) is 103 cm³/mol. The van der Waals surface area contributed by atoms with E-state index >= 15 is 0 Å². The van der Waals surface area contributed by atoms with E-state index in [1.54, 1.807) is 12.3 Å². The molecule has 0 amide bonds. The summed E-state index contributed by atoms with van der Waals surface area (Å²) in [6, 6.07) is 1.76. The molecule has 3 aromatic heterocycles. The van der Waals surface area contributed by atoms with Crippen molar-refractivity contribution in [1.29, 1.82) is 0 Å². The molecule has 0 bridgehead atoms. The van der Waals surface area contributed by atoms with Crippen LogP contribution in [-0.2, 0) is 23.0 Å². The maximum absolute atomic E-state index is 12.2. The van der Waals surface area contributed by atoms with Gasteiger partial charge in [0.2, 0.25) is 10.0 Å². The van der Waals surface area contributed by atoms with Gasteiger partial charge in [-0.3, -0.25) is 9.29 Å². The van der Waals surface area contributed by atoms with Crippen LogP contribution in [0.3, 0.4) is 0 Å². The highest BCUT2D eigenvalue weighted by Gasteiger charge is 2.29. The Balaban J connectivity index is 1.98. The average Bonchev–Trinajstić information content (AvgIpc) is 3.15. The summed E-state index contributed by atoms with van der Waals surface area (Å²) in [6.45, 7) is 5.47. The van der Waals surface area contributed by atoms with Crippen molar-refractivity contribution in [1.82, 2.24) is 19.5 Å². The van der Waals surface area contributed by atoms with Gasteiger partial charge in [0.15, 0.2) is 5.82 Å². The molecule has 1 aliphatic rings. The Morgan fingerprint density at radius 1 is 1.23 bits per heavy atom. The molecule has 138 valence electrons. The second-order valence-electron chi connectivity index (χ2n) is 6.53. The topological polar surface area (TPSA) is 107 Å². The van der Waals surface area contributed by atoms with E-state index in [1.165, 1.54) is 4.31 Å². The molecular weight excluding hydrogens is 352 g/mol. The van der Waals surface area contributed by atoms with Crippen LogP contribution in [0, 0.1) is 0 Å². The monoisotopic (exact) mass is 374 g/mol. The van der Waals surface area contributed by atoms with Crippen LogP contribution in [0.5, 0.6) is 0 Å². The summed E-state index contributed by atoms with van der Waals surface area (Å²) in [7, 11) is -3.26. The minimum atomic E-state index is -3.26. The first kappa shape index (κ1) is 17.0. The summed E-state index contributed by atoms with van der Waals surface area (Å²) in [4.78, 5) is 13.7. The Morgan fingerprint density at radius 3 is 2.69 bits per heavy atom. The maximum Gasteiger partial charge on any atom is 0.235 e. The molecule has 9 heteroatoms. The summed E-state index contributed by atoms with van der Waals surface area (Å²) >= 11 is 0. The minimum absolute atomic E-state index is 0.169. The lowest BCUT2D eigenvalue weighted by molar-refractivity contribution is 0.599. The second kappa shape index (κ2) is 6.08. The maximum atomic E-state index is 12.2. The highest BCUT2D eigenvalue weighted by molar-refractivity contribution is 7.93. The molecule has 4 heterocycles. The number of aromatic nitrogens is 4. The van der Waals surface area contributed by atoms with Crippen LogP contribution in [0.1, 0.15) is 32.5 Å². The second-order valence-corrected chi connectivity index (χ2v) is 8.54. The SMILES string of the molecule is CCCn1c(CC)nc2c(N)nc3cc(N4CCCS4(=O)=O)cnc3c21. The highest BCUT2D eigenvalue weighted by atomic mass is 32.2. The number of sulfonamides is 1. The minimum Gasteiger partial charge on any atom is -0.382 e. The van der Waals surface area contributed by atoms with E-state index in [4.69, 9.17) is 5.73 Å². The molecule has 0 saturated carbocycles. The molecule has 1 fully saturated rings. The molecule has 26 heavy (non-hydrogen) atoms. The van der Waals surface area contributed by atoms with Gasteiger partial charge < -0.3 is 10.3 Å². The van der Waals surface area contributed by atoms with Crippen molar-refractivity contribution < 1.29 is 8.42 Å². The van der Waals surface area contributed by atoms with Gasteiger partial charge in [-0.2, -0.15) is 0 Å². The van der Waals surface area contributed by atoms with Crippen molar-refractivity contribution in [3.05, 3.63) is 18.1 Å². The third kappa shape index (κ3) is 2.49. The van der Waals surface area contributed by atoms with Crippen LogP contribution >= 0.6 is 0 Å². The molecular formula is C17H22N6O2S. The largest absolute Gasteiger partial charge is 0.382 e. The average molecular weight is 374 g/mol. The van der Waals surface area contributed by atoms with Gasteiger partial charge in [0.1, 0.15) is 22.4 Å². The number of nitrogens with zero attached hydrogens (tertiary/aromatic N) is 5. The van der Waals surface area contributed by atoms with Crippen LogP contribution in [0.25, 0.3) is 22.1 Å². The van der Waals surface area contributed by atoms with E-state index in [9.17, 15) is 8.42 Å². The zero-order valence-corrected chi connectivity index (χ0v) is 15.8. The first-order valence-electron chi connectivity index (χ1n) is 8.91. The van der Waals surface area contributed by atoms with Gasteiger partial charge in [-0.1, -0.05) is 13.8 Å². The van der Waals surface area contributed by atoms with Gasteiger partial charge >= 0.3 is 0 Å². The van der Waals surface area contributed by atoms with Gasteiger partial charge in [0.25, 0.3) is 0 Å². The smallest absolute Gasteiger partial charge is 0.235 e. The van der Waals surface area contributed by atoms with Crippen molar-refractivity contribution in [2.75, 3.05) is 22.3 Å². The van der Waals surface area contributed by atoms with Crippen LogP contribution in [-0.4, -0.2) is 40.2 Å². The van der Waals surface area contributed by atoms with Crippen molar-refractivity contribution in [3.8, 4) is 0 Å². The Kier molecular flexibility index (Phi) is 3.98. The third-order valence-electron chi connectivity index (χ3n) is 4.76. The quantitative estimate of drug-likeness (QED) is 0.749. The lowest BCUT2D eigenvalue weighted by atomic mass is 10.2. The number of aryl methyl sites for hydroxylation is 2. The standard InChI is InChI=1S/C17H22N6O2S/c1-3-6-22-13(4-2)21-15-16(22)14-12(20-17(15)18)9-11(10-19-14)23-7-5-8-26(23,24)25/h9-10H,3-8H2,1-2H3,(H2,18,20). The van der Waals surface area contributed by atoms with Gasteiger partial charge in [0, 0.05) is 19.5 Å². The van der Waals surface area contributed by atoms with Crippen molar-refractivity contribution in [3.63, 3.8) is 0 Å². The fraction of sp³-hybridized carbons (Fsp3) is 0.471. The lowest BCUT2D eigenvalue weighted by Crippen LogP contribution is -2.25. The number of fused-ring (bicyclic) bond motifs is 3. The Labute approximate surface area is 152 Å². The van der Waals surface area contributed by atoms with Gasteiger partial charge in [-0.25, -0.2) is 18.4 Å². The van der Waals surface area contributed by atoms with E-state index in [-0.39, 0.29) is 5.75 Å². The molecule has 0 aromatic carbocycles. The van der Waals surface area contributed by atoms with Crippen molar-refractivity contribution >= 4 is 43.6 Å². The van der Waals surface area contributed by atoms with E-state index in [1.807, 2.05) is 0 Å². The van der Waals surface area contributed by atoms with Gasteiger partial charge in [-0.05, 0) is 18.9 Å². The predicted octanol–water partition coefficient (Wildman–Crippen LogP) is 2.07. The highest BCUT2D eigenvalue weighted by Crippen LogP contribution is 2.31. The molecule has 3 aromatic rings. The molecule has 0 unspecified atom stereocenters. The summed E-state index contributed by atoms with van der Waals surface area (Å²) in [5.41, 5.74) is 9.54. The molecule has 1 aliphatic heterocycles. The van der Waals surface area contributed by atoms with Crippen molar-refractivity contribution in [2.24, 2.45) is 0 Å². The number of rotatable bonds is 4. The van der Waals surface area contributed by atoms with Gasteiger partial charge in [-0.15, -0.1) is 0 Å². The summed E-state index contributed by atoms with van der Waals surface area (Å²) < 4.78 is 27.9. The molecule has 0 spiro atoms. The number of imidazole rings is 1. The van der Waals surface area contributed by atoms with E-state index in [0.29, 0.717) is 41.0 Å². The first-order valence-corrected chi connectivity index (χ1v) is 10.5. The molecule has 0 atom stereocenters. The number of hydrogen-bond donors (Lipinski definition) is 1. The molecule has 1 saturated heterocycles. The number of pyridine rings is 2. The van der Waals surface area contributed by atoms with E-state index in [2.05, 4.69) is 33.4 Å². The first-order chi connectivity index (χ1) is 12.5. The Hall–Kier alpha value is -2.42. The fourth-order valence-electron chi connectivity index (χ4n) is 3.61. The Bertz CT molecular complexity index is 1110. The zero-order valence-electron chi connectivity index (χ0n) is 14.9. The Morgan fingerprint density at radius 2 is 2.04 bits per heavy atom. The zero-order chi connectivity index (χ0) is 18.5. The number of anilines is 2. The number of hydrogen-bond acceptors (Lipinski definition) is 6. The summed E-state index contributed by atoms with van der Waals surface area (Å²) in [5, 5.41) is 0. The van der Waals surface area contributed by atoms with Crippen LogP contribution in [0.2, 0.25) is 0 Å². The molecule has 0 radical (unpaired) electrons. The molecule has 4 rings (SSSR count). The normalized spacial score (nSPS) is 16.8. The molecule has 2 N–H and O–H groups in total. The summed E-state index contributed by atoms with van der Waals surface area (Å²) in [5.74, 6) is 1.47. The van der Waals surface area contributed by atoms with Gasteiger partial charge in [0.05, 0.1) is 23.2 Å². The number of nitrogen functional groups attached to an aromatic ring is 1. The van der Waals surface area contributed by atoms with E-state index in [0.717, 1.165) is 30.7 Å².